The number of nitrogens with two attached hydrogens (primary N) is 1. The van der Waals surface area contributed by atoms with Crippen molar-refractivity contribution in [3.8, 4) is 5.75 Å². The van der Waals surface area contributed by atoms with Gasteiger partial charge in [0.25, 0.3) is 11.8 Å². The molecule has 0 radical (unpaired) electrons. The maximum Gasteiger partial charge on any atom is 0.329 e. The number of amides is 8. The number of rotatable bonds is 15. The fourth-order valence-corrected chi connectivity index (χ4v) is 7.66. The van der Waals surface area contributed by atoms with E-state index in [9.17, 15) is 48.3 Å². The first kappa shape index (κ1) is 54.3. The summed E-state index contributed by atoms with van der Waals surface area (Å²) in [5.74, 6) is -8.69. The molecule has 0 spiro atoms. The fourth-order valence-electron chi connectivity index (χ4n) is 7.66. The van der Waals surface area contributed by atoms with Gasteiger partial charge in [-0.2, -0.15) is 0 Å². The number of hydrogen-bond acceptors (Lipinski definition) is 11. The number of carbonyl (C=O) groups excluding carboxylic acids is 9. The molecule has 0 saturated carbocycles. The minimum absolute atomic E-state index is 0.0205. The quantitative estimate of drug-likeness (QED) is 0.0983. The summed E-state index contributed by atoms with van der Waals surface area (Å²) in [6.45, 7) is 15.5. The van der Waals surface area contributed by atoms with Gasteiger partial charge in [-0.15, -0.1) is 0 Å². The zero-order valence-corrected chi connectivity index (χ0v) is 40.1. The van der Waals surface area contributed by atoms with E-state index >= 15 is 0 Å². The molecule has 8 N–H and O–H groups in total. The van der Waals surface area contributed by atoms with E-state index in [2.05, 4.69) is 26.6 Å². The van der Waals surface area contributed by atoms with Crippen molar-refractivity contribution in [2.75, 3.05) is 13.6 Å². The molecule has 0 bridgehead atoms. The number of nitrogens with zero attached hydrogens (tertiary/aromatic N) is 2. The molecule has 1 aromatic carbocycles. The number of allylic oxidation sites excluding steroid dienone is 1. The van der Waals surface area contributed by atoms with Gasteiger partial charge in [-0.3, -0.25) is 38.4 Å². The van der Waals surface area contributed by atoms with Crippen molar-refractivity contribution >= 4 is 53.2 Å². The second kappa shape index (κ2) is 25.0. The Morgan fingerprint density at radius 3 is 2.06 bits per heavy atom. The van der Waals surface area contributed by atoms with Crippen molar-refractivity contribution in [3.05, 3.63) is 41.6 Å². The molecule has 2 aliphatic rings. The monoisotopic (exact) mass is 925 g/mol. The molecule has 8 amide bonds. The normalized spacial score (nSPS) is 25.2. The number of benzene rings is 1. The number of nitrogens with one attached hydrogen (secondary N) is 5. The summed E-state index contributed by atoms with van der Waals surface area (Å²) in [5.41, 5.74) is 5.75. The van der Waals surface area contributed by atoms with Gasteiger partial charge in [0.05, 0.1) is 0 Å². The van der Waals surface area contributed by atoms with Crippen molar-refractivity contribution in [1.82, 2.24) is 36.4 Å². The number of ether oxygens (including phenoxy) is 1. The van der Waals surface area contributed by atoms with Crippen molar-refractivity contribution in [1.29, 1.82) is 0 Å². The lowest BCUT2D eigenvalue weighted by Crippen LogP contribution is -2.60. The zero-order valence-electron chi connectivity index (χ0n) is 40.1. The fraction of sp³-hybridized carbons (Fsp3) is 0.638. The smallest absolute Gasteiger partial charge is 0.329 e. The Kier molecular flexibility index (Phi) is 20.6. The molecule has 10 atom stereocenters. The Bertz CT molecular complexity index is 1960. The third-order valence-corrected chi connectivity index (χ3v) is 12.6. The van der Waals surface area contributed by atoms with Crippen LogP contribution in [0.5, 0.6) is 5.75 Å². The van der Waals surface area contributed by atoms with Crippen LogP contribution in [0, 0.1) is 23.7 Å². The largest absolute Gasteiger partial charge is 0.508 e. The molecule has 19 nitrogen and oxygen atoms in total. The van der Waals surface area contributed by atoms with Crippen LogP contribution in [-0.4, -0.2) is 124 Å². The van der Waals surface area contributed by atoms with Gasteiger partial charge in [-0.1, -0.05) is 86.4 Å². The maximum absolute atomic E-state index is 14.6. The molecule has 0 aromatic heterocycles. The number of phenols is 1. The van der Waals surface area contributed by atoms with Crippen LogP contribution in [0.4, 0.5) is 0 Å². The zero-order chi connectivity index (χ0) is 49.6. The second-order valence-electron chi connectivity index (χ2n) is 18.1. The van der Waals surface area contributed by atoms with Crippen LogP contribution >= 0.6 is 0 Å². The molecule has 2 fully saturated rings. The summed E-state index contributed by atoms with van der Waals surface area (Å²) in [6.07, 6.45) is 1.28. The van der Waals surface area contributed by atoms with Gasteiger partial charge in [-0.25, -0.2) is 4.79 Å². The van der Waals surface area contributed by atoms with Crippen LogP contribution in [0.3, 0.4) is 0 Å². The summed E-state index contributed by atoms with van der Waals surface area (Å²) < 4.78 is 5.93. The highest BCUT2D eigenvalue weighted by Crippen LogP contribution is 2.24. The van der Waals surface area contributed by atoms with Gasteiger partial charge < -0.3 is 52.0 Å². The first-order valence-electron chi connectivity index (χ1n) is 23.1. The highest BCUT2D eigenvalue weighted by atomic mass is 16.5. The lowest BCUT2D eigenvalue weighted by Gasteiger charge is -2.35. The number of hydrogen-bond donors (Lipinski definition) is 7. The second-order valence-corrected chi connectivity index (χ2v) is 18.1. The Balaban J connectivity index is 2.25. The lowest BCUT2D eigenvalue weighted by molar-refractivity contribution is -0.157. The Morgan fingerprint density at radius 2 is 1.48 bits per heavy atom. The van der Waals surface area contributed by atoms with E-state index in [0.717, 1.165) is 0 Å². The molecule has 2 saturated heterocycles. The number of fused-ring (bicyclic) bond motifs is 1. The first-order chi connectivity index (χ1) is 31.0. The topological polar surface area (TPSA) is 276 Å². The van der Waals surface area contributed by atoms with Crippen LogP contribution in [0.25, 0.3) is 0 Å². The van der Waals surface area contributed by atoms with Gasteiger partial charge >= 0.3 is 5.97 Å². The molecular formula is C47H72N8O11. The summed E-state index contributed by atoms with van der Waals surface area (Å²) in [4.78, 5) is 128. The van der Waals surface area contributed by atoms with Gasteiger partial charge in [-0.05, 0) is 68.1 Å². The molecule has 0 aliphatic carbocycles. The molecule has 66 heavy (non-hydrogen) atoms. The number of primary amides is 1. The van der Waals surface area contributed by atoms with Crippen LogP contribution in [0.1, 0.15) is 113 Å². The number of cyclic esters (lactones) is 1. The van der Waals surface area contributed by atoms with E-state index < -0.39 is 113 Å². The average Bonchev–Trinajstić information content (AvgIpc) is 3.78. The number of likely N-dealkylation sites (N-methyl/N-ethyl adjacent to an activating group) is 1. The van der Waals surface area contributed by atoms with Crippen molar-refractivity contribution in [2.24, 2.45) is 29.4 Å². The molecule has 3 rings (SSSR count). The Hall–Kier alpha value is -6.01. The number of aromatic hydroxyl groups is 1. The van der Waals surface area contributed by atoms with Gasteiger partial charge in [0, 0.05) is 32.4 Å². The molecular weight excluding hydrogens is 853 g/mol. The molecule has 1 aromatic rings. The van der Waals surface area contributed by atoms with Gasteiger partial charge in [0.1, 0.15) is 53.8 Å². The summed E-state index contributed by atoms with van der Waals surface area (Å²) >= 11 is 0. The van der Waals surface area contributed by atoms with E-state index in [1.54, 1.807) is 60.6 Å². The minimum Gasteiger partial charge on any atom is -0.508 e. The minimum atomic E-state index is -1.74. The Morgan fingerprint density at radius 1 is 0.879 bits per heavy atom. The predicted molar refractivity (Wildman–Crippen MR) is 244 cm³/mol. The van der Waals surface area contributed by atoms with E-state index in [4.69, 9.17) is 10.5 Å². The van der Waals surface area contributed by atoms with Crippen LogP contribution in [-0.2, 0) is 54.3 Å². The number of phenolic OH excluding ortho intramolecular Hbond substituents is 1. The third kappa shape index (κ3) is 14.8. The lowest BCUT2D eigenvalue weighted by atomic mass is 9.95. The highest BCUT2D eigenvalue weighted by molar-refractivity contribution is 6.03. The third-order valence-electron chi connectivity index (χ3n) is 12.6. The van der Waals surface area contributed by atoms with E-state index in [0.29, 0.717) is 31.2 Å². The van der Waals surface area contributed by atoms with Crippen LogP contribution in [0.2, 0.25) is 0 Å². The predicted octanol–water partition coefficient (Wildman–Crippen LogP) is 1.70. The molecule has 2 heterocycles. The van der Waals surface area contributed by atoms with Crippen molar-refractivity contribution < 1.29 is 53.0 Å². The molecule has 2 aliphatic heterocycles. The van der Waals surface area contributed by atoms with Crippen molar-refractivity contribution in [2.45, 2.75) is 156 Å². The highest BCUT2D eigenvalue weighted by Gasteiger charge is 2.43. The summed E-state index contributed by atoms with van der Waals surface area (Å²) in [6, 6.07) is -1.87. The molecule has 19 heteroatoms. The number of esters is 1. The van der Waals surface area contributed by atoms with E-state index in [1.165, 1.54) is 42.0 Å². The van der Waals surface area contributed by atoms with Crippen LogP contribution in [0.15, 0.2) is 36.0 Å². The van der Waals surface area contributed by atoms with E-state index in [-0.39, 0.29) is 49.6 Å². The number of carbonyl (C=O) groups is 9. The standard InChI is InChI=1S/C47H72N8O11/c1-11-26(6)37-46(64)54(10)35(24-30-16-18-31(56)19-17-30)43(61)52-38(27(7)12-2)47(65)66-29(9)39(53-41(59)32(20-21-36(48)57)49-40(58)28(8)13-3)44(62)50-33(23-25(4)5)45(63)55-22-14-15-34(55)42(60)51-37/h16-19,23,25-29,32,34-35,37-39,56H,11-15,20-22,24H2,1-10H3,(H2,48,57)(H,49,58)(H,50,62)(H,51,60)(H,52,61)(H,53,59)/b33-23+/t26?,27?,28?,29-,32+,34+,35+,37+,38+,39+/m1/s1. The van der Waals surface area contributed by atoms with E-state index in [1.807, 2.05) is 6.92 Å². The van der Waals surface area contributed by atoms with Gasteiger partial charge in [0.2, 0.25) is 35.4 Å². The SMILES string of the molecule is CCC(C)C(=O)N[C@@H](CCC(N)=O)C(=O)N[C@@H]1C(=O)N/C(=C/C(C)C)C(=O)N2CCC[C@H]2C(=O)N[C@@H](C(C)CC)C(=O)N(C)[C@@H](Cc2ccc(O)cc2)C(=O)N[C@@H](C(C)CC)C(=O)O[C@@H]1C. The first-order valence-corrected chi connectivity index (χ1v) is 23.1. The summed E-state index contributed by atoms with van der Waals surface area (Å²) in [5, 5.41) is 23.5. The van der Waals surface area contributed by atoms with Crippen molar-refractivity contribution in [3.63, 3.8) is 0 Å². The Labute approximate surface area is 388 Å². The van der Waals surface area contributed by atoms with Gasteiger partial charge in [0.15, 0.2) is 0 Å². The van der Waals surface area contributed by atoms with Crippen LogP contribution < -0.4 is 32.3 Å². The summed E-state index contributed by atoms with van der Waals surface area (Å²) in [7, 11) is 1.43. The average molecular weight is 925 g/mol. The molecule has 366 valence electrons. The molecule has 3 unspecified atom stereocenters. The maximum atomic E-state index is 14.6.